The summed E-state index contributed by atoms with van der Waals surface area (Å²) in [5.41, 5.74) is 7.15. The lowest BCUT2D eigenvalue weighted by atomic mass is 10.2. The van der Waals surface area contributed by atoms with Crippen LogP contribution in [0.5, 0.6) is 0 Å². The van der Waals surface area contributed by atoms with Gasteiger partial charge < -0.3 is 16.0 Å². The van der Waals surface area contributed by atoms with Gasteiger partial charge in [0, 0.05) is 19.5 Å². The van der Waals surface area contributed by atoms with Gasteiger partial charge in [0.1, 0.15) is 0 Å². The Hall–Kier alpha value is -1.55. The van der Waals surface area contributed by atoms with Crippen LogP contribution in [0.2, 0.25) is 0 Å². The monoisotopic (exact) mass is 275 g/mol. The van der Waals surface area contributed by atoms with E-state index in [1.54, 1.807) is 6.07 Å². The largest absolute Gasteiger partial charge is 0.397 e. The Morgan fingerprint density at radius 2 is 2.10 bits per heavy atom. The Bertz CT molecular complexity index is 443. The molecule has 1 saturated carbocycles. The quantitative estimate of drug-likeness (QED) is 0.717. The first-order valence-electron chi connectivity index (χ1n) is 7.55. The van der Waals surface area contributed by atoms with Crippen molar-refractivity contribution in [1.82, 2.24) is 4.90 Å². The highest BCUT2D eigenvalue weighted by Crippen LogP contribution is 2.29. The zero-order valence-corrected chi connectivity index (χ0v) is 12.3. The Morgan fingerprint density at radius 1 is 1.35 bits per heavy atom. The fourth-order valence-electron chi connectivity index (χ4n) is 2.36. The van der Waals surface area contributed by atoms with E-state index >= 15 is 0 Å². The van der Waals surface area contributed by atoms with Gasteiger partial charge in [0.2, 0.25) is 5.91 Å². The van der Waals surface area contributed by atoms with Gasteiger partial charge in [-0.15, -0.1) is 0 Å². The minimum atomic E-state index is 0.0415. The predicted octanol–water partition coefficient (Wildman–Crippen LogP) is 2.72. The number of benzene rings is 1. The molecular formula is C16H25N3O. The molecule has 1 aliphatic rings. The van der Waals surface area contributed by atoms with Crippen molar-refractivity contribution in [2.45, 2.75) is 32.6 Å². The summed E-state index contributed by atoms with van der Waals surface area (Å²) in [7, 11) is 0. The van der Waals surface area contributed by atoms with E-state index < -0.39 is 0 Å². The van der Waals surface area contributed by atoms with Crippen molar-refractivity contribution in [2.24, 2.45) is 5.92 Å². The fourth-order valence-corrected chi connectivity index (χ4v) is 2.36. The molecule has 0 bridgehead atoms. The molecule has 0 spiro atoms. The van der Waals surface area contributed by atoms with Gasteiger partial charge in [0.05, 0.1) is 11.4 Å². The van der Waals surface area contributed by atoms with Crippen LogP contribution in [-0.4, -0.2) is 30.4 Å². The smallest absolute Gasteiger partial charge is 0.225 e. The Morgan fingerprint density at radius 3 is 2.75 bits per heavy atom. The molecule has 0 heterocycles. The van der Waals surface area contributed by atoms with Gasteiger partial charge in [-0.1, -0.05) is 19.1 Å². The van der Waals surface area contributed by atoms with Gasteiger partial charge in [-0.3, -0.25) is 4.79 Å². The summed E-state index contributed by atoms with van der Waals surface area (Å²) in [5.74, 6) is 0.911. The molecule has 0 saturated heterocycles. The maximum Gasteiger partial charge on any atom is 0.225 e. The van der Waals surface area contributed by atoms with E-state index in [0.717, 1.165) is 32.0 Å². The van der Waals surface area contributed by atoms with Crippen LogP contribution >= 0.6 is 0 Å². The summed E-state index contributed by atoms with van der Waals surface area (Å²) >= 11 is 0. The van der Waals surface area contributed by atoms with Crippen LogP contribution in [0.1, 0.15) is 32.6 Å². The van der Waals surface area contributed by atoms with Gasteiger partial charge in [-0.25, -0.2) is 0 Å². The van der Waals surface area contributed by atoms with Crippen molar-refractivity contribution < 1.29 is 4.79 Å². The number of hydrogen-bond acceptors (Lipinski definition) is 3. The van der Waals surface area contributed by atoms with Crippen molar-refractivity contribution in [2.75, 3.05) is 30.7 Å². The highest BCUT2D eigenvalue weighted by atomic mass is 16.1. The molecule has 4 heteroatoms. The summed E-state index contributed by atoms with van der Waals surface area (Å²) in [6.07, 6.45) is 4.38. The van der Waals surface area contributed by atoms with Gasteiger partial charge >= 0.3 is 0 Å². The van der Waals surface area contributed by atoms with Crippen LogP contribution in [0, 0.1) is 5.92 Å². The number of nitrogens with zero attached hydrogens (tertiary/aromatic N) is 1. The zero-order chi connectivity index (χ0) is 14.4. The predicted molar refractivity (Wildman–Crippen MR) is 83.6 cm³/mol. The third kappa shape index (κ3) is 4.85. The van der Waals surface area contributed by atoms with Crippen molar-refractivity contribution in [1.29, 1.82) is 0 Å². The molecule has 1 aliphatic carbocycles. The van der Waals surface area contributed by atoms with E-state index in [9.17, 15) is 4.79 Å². The van der Waals surface area contributed by atoms with E-state index in [4.69, 9.17) is 5.73 Å². The van der Waals surface area contributed by atoms with E-state index in [0.29, 0.717) is 17.8 Å². The number of anilines is 2. The lowest BCUT2D eigenvalue weighted by Crippen LogP contribution is -2.30. The molecule has 0 aromatic heterocycles. The number of amides is 1. The molecule has 0 atom stereocenters. The molecule has 1 aromatic carbocycles. The third-order valence-electron chi connectivity index (χ3n) is 3.64. The first-order valence-corrected chi connectivity index (χ1v) is 7.55. The number of hydrogen-bond donors (Lipinski definition) is 2. The maximum atomic E-state index is 12.0. The second-order valence-electron chi connectivity index (χ2n) is 5.63. The van der Waals surface area contributed by atoms with E-state index in [2.05, 4.69) is 17.1 Å². The minimum absolute atomic E-state index is 0.0415. The number of nitrogen functional groups attached to an aromatic ring is 1. The number of para-hydroxylation sites is 2. The molecule has 110 valence electrons. The molecular weight excluding hydrogens is 250 g/mol. The molecule has 2 rings (SSSR count). The highest BCUT2D eigenvalue weighted by Gasteiger charge is 2.24. The average molecular weight is 275 g/mol. The molecule has 0 aliphatic heterocycles. The van der Waals surface area contributed by atoms with Crippen LogP contribution in [0.3, 0.4) is 0 Å². The van der Waals surface area contributed by atoms with E-state index in [-0.39, 0.29) is 5.91 Å². The number of carbonyl (C=O) groups excluding carboxylic acids is 1. The topological polar surface area (TPSA) is 58.4 Å². The van der Waals surface area contributed by atoms with Gasteiger partial charge in [0.15, 0.2) is 0 Å². The van der Waals surface area contributed by atoms with Crippen molar-refractivity contribution in [3.63, 3.8) is 0 Å². The summed E-state index contributed by atoms with van der Waals surface area (Å²) in [4.78, 5) is 14.4. The first kappa shape index (κ1) is 14.9. The Balaban J connectivity index is 1.76. The molecule has 1 amide bonds. The molecule has 1 aromatic rings. The van der Waals surface area contributed by atoms with Crippen LogP contribution in [0.4, 0.5) is 11.4 Å². The number of nitrogens with two attached hydrogens (primary N) is 1. The van der Waals surface area contributed by atoms with Gasteiger partial charge in [-0.05, 0) is 43.9 Å². The highest BCUT2D eigenvalue weighted by molar-refractivity contribution is 5.93. The fraction of sp³-hybridized carbons (Fsp3) is 0.562. The molecule has 0 radical (unpaired) electrons. The van der Waals surface area contributed by atoms with Crippen molar-refractivity contribution in [3.8, 4) is 0 Å². The summed E-state index contributed by atoms with van der Waals surface area (Å²) < 4.78 is 0. The van der Waals surface area contributed by atoms with Gasteiger partial charge in [-0.2, -0.15) is 0 Å². The second-order valence-corrected chi connectivity index (χ2v) is 5.63. The van der Waals surface area contributed by atoms with Crippen molar-refractivity contribution >= 4 is 17.3 Å². The maximum absolute atomic E-state index is 12.0. The standard InChI is InChI=1S/C16H25N3O/c1-2-10-19(12-13-7-8-13)11-9-16(20)18-15-6-4-3-5-14(15)17/h3-6,13H,2,7-12,17H2,1H3,(H,18,20). The number of nitrogens with one attached hydrogen (secondary N) is 1. The van der Waals surface area contributed by atoms with E-state index in [1.807, 2.05) is 18.2 Å². The van der Waals surface area contributed by atoms with Crippen LogP contribution in [0.25, 0.3) is 0 Å². The molecule has 20 heavy (non-hydrogen) atoms. The number of carbonyl (C=O) groups is 1. The Labute approximate surface area is 121 Å². The second kappa shape index (κ2) is 7.29. The molecule has 0 unspecified atom stereocenters. The van der Waals surface area contributed by atoms with E-state index in [1.165, 1.54) is 12.8 Å². The average Bonchev–Trinajstić information content (AvgIpc) is 3.23. The third-order valence-corrected chi connectivity index (χ3v) is 3.64. The summed E-state index contributed by atoms with van der Waals surface area (Å²) in [6.45, 7) is 5.25. The number of rotatable bonds is 8. The van der Waals surface area contributed by atoms with Crippen molar-refractivity contribution in [3.05, 3.63) is 24.3 Å². The van der Waals surface area contributed by atoms with Crippen LogP contribution < -0.4 is 11.1 Å². The zero-order valence-electron chi connectivity index (χ0n) is 12.3. The first-order chi connectivity index (χ1) is 9.69. The van der Waals surface area contributed by atoms with Crippen LogP contribution in [0.15, 0.2) is 24.3 Å². The lowest BCUT2D eigenvalue weighted by Gasteiger charge is -2.21. The lowest BCUT2D eigenvalue weighted by molar-refractivity contribution is -0.116. The Kier molecular flexibility index (Phi) is 5.41. The summed E-state index contributed by atoms with van der Waals surface area (Å²) in [6, 6.07) is 7.37. The molecule has 4 nitrogen and oxygen atoms in total. The molecule has 1 fully saturated rings. The minimum Gasteiger partial charge on any atom is -0.397 e. The summed E-state index contributed by atoms with van der Waals surface area (Å²) in [5, 5.41) is 2.89. The normalized spacial score (nSPS) is 14.5. The van der Waals surface area contributed by atoms with Gasteiger partial charge in [0.25, 0.3) is 0 Å². The van der Waals surface area contributed by atoms with Crippen LogP contribution in [-0.2, 0) is 4.79 Å². The molecule has 3 N–H and O–H groups in total. The SMILES string of the molecule is CCCN(CCC(=O)Nc1ccccc1N)CC1CC1.